The normalized spacial score (nSPS) is 20.8. The predicted octanol–water partition coefficient (Wildman–Crippen LogP) is 2.11. The molecule has 4 nitrogen and oxygen atoms in total. The van der Waals surface area contributed by atoms with Gasteiger partial charge in [-0.3, -0.25) is 4.79 Å². The molecule has 4 N–H and O–H groups in total. The number of anilines is 1. The van der Waals surface area contributed by atoms with Gasteiger partial charge in [-0.1, -0.05) is 37.5 Å². The minimum Gasteiger partial charge on any atom is -0.398 e. The highest BCUT2D eigenvalue weighted by Gasteiger charge is 2.34. The van der Waals surface area contributed by atoms with Crippen molar-refractivity contribution in [2.45, 2.75) is 38.1 Å². The van der Waals surface area contributed by atoms with Crippen LogP contribution in [0.15, 0.2) is 30.0 Å². The number of carbonyl (C=O) groups is 1. The third-order valence-corrected chi connectivity index (χ3v) is 4.45. The summed E-state index contributed by atoms with van der Waals surface area (Å²) < 4.78 is 0. The Balaban J connectivity index is 1.87. The van der Waals surface area contributed by atoms with E-state index in [4.69, 9.17) is 11.5 Å². The Labute approximate surface area is 119 Å². The van der Waals surface area contributed by atoms with Crippen molar-refractivity contribution in [2.75, 3.05) is 12.3 Å². The average Bonchev–Trinajstić information content (AvgIpc) is 2.77. The maximum Gasteiger partial charge on any atom is 0.270 e. The lowest BCUT2D eigenvalue weighted by atomic mass is 9.94. The summed E-state index contributed by atoms with van der Waals surface area (Å²) in [5.41, 5.74) is 14.9. The number of nitrogen functional groups attached to an aromatic ring is 1. The SMILES string of the molecule is NC1=C(c2ccccc2N)CN(C2CCCCC2)C1=O. The molecule has 1 heterocycles. The number of para-hydroxylation sites is 1. The van der Waals surface area contributed by atoms with Crippen molar-refractivity contribution < 1.29 is 4.79 Å². The fourth-order valence-electron chi connectivity index (χ4n) is 3.30. The first-order valence-electron chi connectivity index (χ1n) is 7.33. The van der Waals surface area contributed by atoms with Gasteiger partial charge in [-0.05, 0) is 18.9 Å². The van der Waals surface area contributed by atoms with Gasteiger partial charge in [-0.15, -0.1) is 0 Å². The van der Waals surface area contributed by atoms with Crippen molar-refractivity contribution in [3.8, 4) is 0 Å². The van der Waals surface area contributed by atoms with Gasteiger partial charge >= 0.3 is 0 Å². The Morgan fingerprint density at radius 1 is 1.05 bits per heavy atom. The molecule has 1 aromatic rings. The first-order valence-corrected chi connectivity index (χ1v) is 7.33. The molecule has 0 unspecified atom stereocenters. The van der Waals surface area contributed by atoms with Crippen molar-refractivity contribution in [3.63, 3.8) is 0 Å². The van der Waals surface area contributed by atoms with Gasteiger partial charge in [0, 0.05) is 29.4 Å². The zero-order valence-electron chi connectivity index (χ0n) is 11.6. The van der Waals surface area contributed by atoms with Crippen LogP contribution in [0.5, 0.6) is 0 Å². The minimum atomic E-state index is -0.0184. The first-order chi connectivity index (χ1) is 9.68. The van der Waals surface area contributed by atoms with Crippen LogP contribution in [0.25, 0.3) is 5.57 Å². The van der Waals surface area contributed by atoms with Crippen LogP contribution in [0.1, 0.15) is 37.7 Å². The number of hydrogen-bond acceptors (Lipinski definition) is 3. The molecule has 0 bridgehead atoms. The van der Waals surface area contributed by atoms with Crippen molar-refractivity contribution in [1.82, 2.24) is 4.90 Å². The van der Waals surface area contributed by atoms with Crippen LogP contribution < -0.4 is 11.5 Å². The van der Waals surface area contributed by atoms with E-state index >= 15 is 0 Å². The lowest BCUT2D eigenvalue weighted by Crippen LogP contribution is -2.39. The summed E-state index contributed by atoms with van der Waals surface area (Å²) in [6, 6.07) is 7.96. The molecule has 0 atom stereocenters. The molecule has 2 aliphatic rings. The third-order valence-electron chi connectivity index (χ3n) is 4.45. The van der Waals surface area contributed by atoms with Crippen LogP contribution in [-0.2, 0) is 4.79 Å². The second kappa shape index (κ2) is 5.19. The van der Waals surface area contributed by atoms with E-state index in [9.17, 15) is 4.79 Å². The number of amides is 1. The van der Waals surface area contributed by atoms with E-state index in [2.05, 4.69) is 0 Å². The molecule has 0 aromatic heterocycles. The van der Waals surface area contributed by atoms with Gasteiger partial charge < -0.3 is 16.4 Å². The molecule has 106 valence electrons. The van der Waals surface area contributed by atoms with Gasteiger partial charge in [-0.2, -0.15) is 0 Å². The molecular formula is C16H21N3O. The smallest absolute Gasteiger partial charge is 0.270 e. The summed E-state index contributed by atoms with van der Waals surface area (Å²) in [4.78, 5) is 14.3. The molecule has 1 aromatic carbocycles. The maximum absolute atomic E-state index is 12.4. The third kappa shape index (κ3) is 2.15. The van der Waals surface area contributed by atoms with Crippen LogP contribution >= 0.6 is 0 Å². The standard InChI is InChI=1S/C16H21N3O/c17-14-9-5-4-8-12(14)13-10-19(16(20)15(13)18)11-6-2-1-3-7-11/h4-5,8-9,11H,1-3,6-7,10,17-18H2. The summed E-state index contributed by atoms with van der Waals surface area (Å²) >= 11 is 0. The number of nitrogens with two attached hydrogens (primary N) is 2. The fraction of sp³-hybridized carbons (Fsp3) is 0.438. The summed E-state index contributed by atoms with van der Waals surface area (Å²) in [6.45, 7) is 0.601. The average molecular weight is 271 g/mol. The number of benzene rings is 1. The van der Waals surface area contributed by atoms with Crippen LogP contribution in [-0.4, -0.2) is 23.4 Å². The molecule has 20 heavy (non-hydrogen) atoms. The zero-order valence-corrected chi connectivity index (χ0v) is 11.6. The monoisotopic (exact) mass is 271 g/mol. The Morgan fingerprint density at radius 2 is 1.75 bits per heavy atom. The molecule has 1 aliphatic carbocycles. The first kappa shape index (κ1) is 13.0. The fourth-order valence-corrected chi connectivity index (χ4v) is 3.30. The number of carbonyl (C=O) groups excluding carboxylic acids is 1. The molecule has 1 aliphatic heterocycles. The van der Waals surface area contributed by atoms with Crippen LogP contribution in [0.3, 0.4) is 0 Å². The topological polar surface area (TPSA) is 72.3 Å². The lowest BCUT2D eigenvalue weighted by molar-refractivity contribution is -0.128. The van der Waals surface area contributed by atoms with Gasteiger partial charge in [0.1, 0.15) is 5.70 Å². The van der Waals surface area contributed by atoms with E-state index < -0.39 is 0 Å². The molecule has 0 radical (unpaired) electrons. The van der Waals surface area contributed by atoms with Gasteiger partial charge in [-0.25, -0.2) is 0 Å². The number of hydrogen-bond donors (Lipinski definition) is 2. The number of nitrogens with zero attached hydrogens (tertiary/aromatic N) is 1. The van der Waals surface area contributed by atoms with Gasteiger partial charge in [0.05, 0.1) is 0 Å². The molecule has 0 spiro atoms. The van der Waals surface area contributed by atoms with Crippen molar-refractivity contribution in [3.05, 3.63) is 35.5 Å². The second-order valence-electron chi connectivity index (χ2n) is 5.70. The highest BCUT2D eigenvalue weighted by atomic mass is 16.2. The summed E-state index contributed by atoms with van der Waals surface area (Å²) in [7, 11) is 0. The second-order valence-corrected chi connectivity index (χ2v) is 5.70. The van der Waals surface area contributed by atoms with Crippen molar-refractivity contribution in [2.24, 2.45) is 5.73 Å². The summed E-state index contributed by atoms with van der Waals surface area (Å²) in [5.74, 6) is -0.0184. The molecule has 3 rings (SSSR count). The van der Waals surface area contributed by atoms with E-state index in [1.165, 1.54) is 19.3 Å². The Morgan fingerprint density at radius 3 is 2.45 bits per heavy atom. The van der Waals surface area contributed by atoms with Crippen LogP contribution in [0.4, 0.5) is 5.69 Å². The largest absolute Gasteiger partial charge is 0.398 e. The van der Waals surface area contributed by atoms with Crippen molar-refractivity contribution in [1.29, 1.82) is 0 Å². The lowest BCUT2D eigenvalue weighted by Gasteiger charge is -2.31. The predicted molar refractivity (Wildman–Crippen MR) is 80.5 cm³/mol. The highest BCUT2D eigenvalue weighted by molar-refractivity contribution is 6.06. The van der Waals surface area contributed by atoms with E-state index in [-0.39, 0.29) is 5.91 Å². The van der Waals surface area contributed by atoms with Gasteiger partial charge in [0.2, 0.25) is 0 Å². The van der Waals surface area contributed by atoms with E-state index in [0.29, 0.717) is 24.0 Å². The molecule has 1 amide bonds. The van der Waals surface area contributed by atoms with Gasteiger partial charge in [0.15, 0.2) is 0 Å². The Bertz CT molecular complexity index is 559. The van der Waals surface area contributed by atoms with Gasteiger partial charge in [0.25, 0.3) is 5.91 Å². The highest BCUT2D eigenvalue weighted by Crippen LogP contribution is 2.33. The quantitative estimate of drug-likeness (QED) is 0.809. The molecule has 1 saturated carbocycles. The summed E-state index contributed by atoms with van der Waals surface area (Å²) in [6.07, 6.45) is 5.88. The molecule has 0 saturated heterocycles. The van der Waals surface area contributed by atoms with E-state index in [1.807, 2.05) is 29.2 Å². The van der Waals surface area contributed by atoms with Crippen LogP contribution in [0, 0.1) is 0 Å². The number of rotatable bonds is 2. The molecule has 4 heteroatoms. The van der Waals surface area contributed by atoms with Crippen LogP contribution in [0.2, 0.25) is 0 Å². The Kier molecular flexibility index (Phi) is 3.38. The molecule has 1 fully saturated rings. The van der Waals surface area contributed by atoms with Crippen molar-refractivity contribution >= 4 is 17.2 Å². The van der Waals surface area contributed by atoms with E-state index in [0.717, 1.165) is 24.0 Å². The Hall–Kier alpha value is -1.97. The van der Waals surface area contributed by atoms with E-state index in [1.54, 1.807) is 0 Å². The summed E-state index contributed by atoms with van der Waals surface area (Å²) in [5, 5.41) is 0. The maximum atomic E-state index is 12.4. The minimum absolute atomic E-state index is 0.0184. The zero-order chi connectivity index (χ0) is 14.1. The molecular weight excluding hydrogens is 250 g/mol.